The van der Waals surface area contributed by atoms with Gasteiger partial charge >= 0.3 is 6.43 Å². The molecule has 0 fully saturated rings. The van der Waals surface area contributed by atoms with Crippen molar-refractivity contribution in [3.8, 4) is 22.0 Å². The van der Waals surface area contributed by atoms with Crippen LogP contribution in [0.2, 0.25) is 0 Å². The number of hydrogen-bond acceptors (Lipinski definition) is 7. The third-order valence-corrected chi connectivity index (χ3v) is 5.87. The molecule has 0 aliphatic carbocycles. The van der Waals surface area contributed by atoms with Crippen LogP contribution < -0.4 is 0 Å². The van der Waals surface area contributed by atoms with E-state index in [4.69, 9.17) is 4.42 Å². The lowest BCUT2D eigenvalue weighted by atomic mass is 10.1. The number of nitrogens with zero attached hydrogens (tertiary/aromatic N) is 6. The molecule has 0 aliphatic heterocycles. The van der Waals surface area contributed by atoms with Gasteiger partial charge in [-0.2, -0.15) is 8.78 Å². The lowest BCUT2D eigenvalue weighted by Gasteiger charge is -1.97. The van der Waals surface area contributed by atoms with E-state index in [-0.39, 0.29) is 5.89 Å². The predicted octanol–water partition coefficient (Wildman–Crippen LogP) is 4.54. The number of aromatic nitrogens is 7. The summed E-state index contributed by atoms with van der Waals surface area (Å²) in [5, 5.41) is 16.5. The fourth-order valence-electron chi connectivity index (χ4n) is 3.13. The maximum Gasteiger partial charge on any atom is 0.314 e. The Kier molecular flexibility index (Phi) is 4.39. The normalized spacial score (nSPS) is 11.8. The summed E-state index contributed by atoms with van der Waals surface area (Å²) < 4.78 is 32.0. The van der Waals surface area contributed by atoms with Gasteiger partial charge in [-0.25, -0.2) is 9.67 Å². The minimum absolute atomic E-state index is 0.0809. The molecule has 0 aliphatic rings. The van der Waals surface area contributed by atoms with E-state index in [1.54, 1.807) is 16.9 Å². The van der Waals surface area contributed by atoms with E-state index in [9.17, 15) is 8.78 Å². The van der Waals surface area contributed by atoms with Gasteiger partial charge in [-0.1, -0.05) is 5.21 Å². The molecule has 5 heterocycles. The maximum atomic E-state index is 12.6. The highest BCUT2D eigenvalue weighted by Crippen LogP contribution is 2.30. The van der Waals surface area contributed by atoms with Crippen molar-refractivity contribution in [3.63, 3.8) is 0 Å². The Hall–Kier alpha value is -3.47. The SMILES string of the molecule is Cc1[nH]c2ncc(-c3cn(Cc4ccc(-c5nnc(C(F)F)o5)s4)nn3)cc2c1C. The second-order valence-electron chi connectivity index (χ2n) is 6.81. The highest BCUT2D eigenvalue weighted by atomic mass is 32.1. The lowest BCUT2D eigenvalue weighted by molar-refractivity contribution is 0.116. The van der Waals surface area contributed by atoms with Gasteiger partial charge in [0.15, 0.2) is 0 Å². The summed E-state index contributed by atoms with van der Waals surface area (Å²) in [6, 6.07) is 5.68. The van der Waals surface area contributed by atoms with Crippen molar-refractivity contribution >= 4 is 22.4 Å². The topological polar surface area (TPSA) is 98.3 Å². The number of fused-ring (bicyclic) bond motifs is 1. The Morgan fingerprint density at radius 2 is 2.07 bits per heavy atom. The Morgan fingerprint density at radius 3 is 2.87 bits per heavy atom. The summed E-state index contributed by atoms with van der Waals surface area (Å²) in [6.07, 6.45) is 0.830. The molecule has 0 radical (unpaired) electrons. The molecule has 5 aromatic heterocycles. The van der Waals surface area contributed by atoms with Crippen molar-refractivity contribution in [2.75, 3.05) is 0 Å². The van der Waals surface area contributed by atoms with Gasteiger partial charge in [-0.05, 0) is 37.6 Å². The lowest BCUT2D eigenvalue weighted by Crippen LogP contribution is -1.98. The molecule has 0 unspecified atom stereocenters. The zero-order valence-corrected chi connectivity index (χ0v) is 16.7. The number of H-pyrrole nitrogens is 1. The zero-order chi connectivity index (χ0) is 20.8. The molecule has 152 valence electrons. The van der Waals surface area contributed by atoms with Crippen LogP contribution in [0, 0.1) is 13.8 Å². The van der Waals surface area contributed by atoms with Crippen LogP contribution in [0.4, 0.5) is 8.78 Å². The maximum absolute atomic E-state index is 12.6. The van der Waals surface area contributed by atoms with Crippen LogP contribution in [0.5, 0.6) is 0 Å². The molecular formula is C19H15F2N7OS. The molecular weight excluding hydrogens is 412 g/mol. The van der Waals surface area contributed by atoms with E-state index in [0.717, 1.165) is 38.4 Å². The van der Waals surface area contributed by atoms with Gasteiger partial charge in [0.05, 0.1) is 17.6 Å². The van der Waals surface area contributed by atoms with Gasteiger partial charge in [-0.15, -0.1) is 26.6 Å². The second kappa shape index (κ2) is 7.10. The highest BCUT2D eigenvalue weighted by molar-refractivity contribution is 7.15. The van der Waals surface area contributed by atoms with Gasteiger partial charge < -0.3 is 9.40 Å². The quantitative estimate of drug-likeness (QED) is 0.442. The van der Waals surface area contributed by atoms with Gasteiger partial charge in [0, 0.05) is 27.7 Å². The third-order valence-electron chi connectivity index (χ3n) is 4.81. The number of hydrogen-bond donors (Lipinski definition) is 1. The fourth-order valence-corrected chi connectivity index (χ4v) is 4.05. The van der Waals surface area contributed by atoms with Crippen molar-refractivity contribution in [3.05, 3.63) is 52.6 Å². The summed E-state index contributed by atoms with van der Waals surface area (Å²) in [5.74, 6) is -0.600. The van der Waals surface area contributed by atoms with Crippen molar-refractivity contribution < 1.29 is 13.2 Å². The largest absolute Gasteiger partial charge is 0.414 e. The minimum atomic E-state index is -2.79. The van der Waals surface area contributed by atoms with E-state index in [1.807, 2.05) is 19.2 Å². The standard InChI is InChI=1S/C19H15F2N7OS/c1-9-10(2)23-17-13(9)5-11(6-22-17)14-8-28(27-24-14)7-12-3-4-15(30-12)18-25-26-19(29-18)16(20)21/h3-6,8,16H,7H2,1-2H3,(H,22,23). The zero-order valence-electron chi connectivity index (χ0n) is 15.9. The second-order valence-corrected chi connectivity index (χ2v) is 7.98. The number of thiophene rings is 1. The van der Waals surface area contributed by atoms with Gasteiger partial charge in [0.2, 0.25) is 0 Å². The van der Waals surface area contributed by atoms with Crippen LogP contribution in [-0.4, -0.2) is 35.2 Å². The van der Waals surface area contributed by atoms with Crippen LogP contribution >= 0.6 is 11.3 Å². The fraction of sp³-hybridized carbons (Fsp3) is 0.211. The van der Waals surface area contributed by atoms with Gasteiger partial charge in [-0.3, -0.25) is 0 Å². The van der Waals surface area contributed by atoms with E-state index < -0.39 is 12.3 Å². The van der Waals surface area contributed by atoms with Crippen molar-refractivity contribution in [2.45, 2.75) is 26.8 Å². The van der Waals surface area contributed by atoms with Crippen LogP contribution in [0.15, 0.2) is 35.0 Å². The molecule has 30 heavy (non-hydrogen) atoms. The molecule has 5 aromatic rings. The van der Waals surface area contributed by atoms with E-state index in [1.165, 1.54) is 11.3 Å². The molecule has 0 spiro atoms. The first-order valence-corrected chi connectivity index (χ1v) is 9.85. The molecule has 0 bridgehead atoms. The number of halogens is 2. The van der Waals surface area contributed by atoms with Crippen molar-refractivity contribution in [1.29, 1.82) is 0 Å². The minimum Gasteiger partial charge on any atom is -0.414 e. The smallest absolute Gasteiger partial charge is 0.314 e. The van der Waals surface area contributed by atoms with E-state index in [0.29, 0.717) is 11.4 Å². The summed E-state index contributed by atoms with van der Waals surface area (Å²) >= 11 is 1.37. The number of aryl methyl sites for hydroxylation is 2. The van der Waals surface area contributed by atoms with Crippen LogP contribution in [-0.2, 0) is 6.54 Å². The first-order valence-electron chi connectivity index (χ1n) is 9.04. The van der Waals surface area contributed by atoms with Gasteiger partial charge in [0.1, 0.15) is 11.3 Å². The summed E-state index contributed by atoms with van der Waals surface area (Å²) in [4.78, 5) is 9.30. The molecule has 0 amide bonds. The molecule has 0 saturated heterocycles. The Labute approximate surface area is 172 Å². The number of pyridine rings is 1. The first-order chi connectivity index (χ1) is 14.5. The predicted molar refractivity (Wildman–Crippen MR) is 106 cm³/mol. The number of alkyl halides is 2. The Bertz CT molecular complexity index is 1350. The highest BCUT2D eigenvalue weighted by Gasteiger charge is 2.18. The summed E-state index contributed by atoms with van der Waals surface area (Å²) in [5.41, 5.74) is 4.71. The molecule has 8 nitrogen and oxygen atoms in total. The molecule has 0 aromatic carbocycles. The van der Waals surface area contributed by atoms with Crippen LogP contribution in [0.25, 0.3) is 33.1 Å². The molecule has 0 saturated carbocycles. The monoisotopic (exact) mass is 427 g/mol. The van der Waals surface area contributed by atoms with Gasteiger partial charge in [0.25, 0.3) is 11.8 Å². The van der Waals surface area contributed by atoms with Crippen molar-refractivity contribution in [2.24, 2.45) is 0 Å². The number of rotatable bonds is 5. The Balaban J connectivity index is 1.36. The average Bonchev–Trinajstić information content (AvgIpc) is 3.50. The molecule has 5 rings (SSSR count). The molecule has 1 N–H and O–H groups in total. The summed E-state index contributed by atoms with van der Waals surface area (Å²) in [6.45, 7) is 4.55. The Morgan fingerprint density at radius 1 is 1.20 bits per heavy atom. The van der Waals surface area contributed by atoms with Crippen LogP contribution in [0.3, 0.4) is 0 Å². The van der Waals surface area contributed by atoms with E-state index in [2.05, 4.69) is 43.5 Å². The molecule has 0 atom stereocenters. The number of nitrogens with one attached hydrogen (secondary N) is 1. The van der Waals surface area contributed by atoms with Crippen LogP contribution in [0.1, 0.15) is 28.5 Å². The van der Waals surface area contributed by atoms with Crippen molar-refractivity contribution in [1.82, 2.24) is 35.2 Å². The average molecular weight is 427 g/mol. The molecule has 11 heteroatoms. The van der Waals surface area contributed by atoms with E-state index >= 15 is 0 Å². The summed E-state index contributed by atoms with van der Waals surface area (Å²) in [7, 11) is 0. The third kappa shape index (κ3) is 3.26. The number of aromatic amines is 1. The first kappa shape index (κ1) is 18.6.